The molecule has 0 saturated carbocycles. The normalized spacial score (nSPS) is 12.7. The number of alkyl halides is 1. The second kappa shape index (κ2) is 8.96. The minimum Gasteiger partial charge on any atom is -0.496 e. The van der Waals surface area contributed by atoms with Crippen LogP contribution in [0.2, 0.25) is 0 Å². The zero-order valence-electron chi connectivity index (χ0n) is 15.1. The number of carbonyl (C=O) groups is 2. The van der Waals surface area contributed by atoms with E-state index in [0.717, 1.165) is 6.42 Å². The Balaban J connectivity index is 1.88. The Bertz CT molecular complexity index is 929. The number of carboxylic acids is 1. The van der Waals surface area contributed by atoms with Gasteiger partial charge < -0.3 is 24.8 Å². The maximum atomic E-state index is 12.6. The second-order valence-electron chi connectivity index (χ2n) is 5.98. The third-order valence-corrected chi connectivity index (χ3v) is 4.54. The summed E-state index contributed by atoms with van der Waals surface area (Å²) in [6, 6.07) is 9.93. The summed E-state index contributed by atoms with van der Waals surface area (Å²) in [7, 11) is 1.42. The van der Waals surface area contributed by atoms with E-state index in [1.54, 1.807) is 41.4 Å². The quantitative estimate of drug-likeness (QED) is 0.442. The molecule has 0 saturated heterocycles. The highest BCUT2D eigenvalue weighted by atomic mass is 127. The summed E-state index contributed by atoms with van der Waals surface area (Å²) >= 11 is 2.09. The predicted octanol–water partition coefficient (Wildman–Crippen LogP) is 4.27. The van der Waals surface area contributed by atoms with Crippen LogP contribution in [0, 0.1) is 0 Å². The first-order valence-corrected chi connectivity index (χ1v) is 10.0. The van der Waals surface area contributed by atoms with Gasteiger partial charge in [-0.15, -0.1) is 0 Å². The van der Waals surface area contributed by atoms with Gasteiger partial charge in [0.25, 0.3) is 5.91 Å². The summed E-state index contributed by atoms with van der Waals surface area (Å²) in [5.41, 5.74) is 1.92. The van der Waals surface area contributed by atoms with E-state index < -0.39 is 5.97 Å². The van der Waals surface area contributed by atoms with Crippen LogP contribution in [-0.4, -0.2) is 40.2 Å². The van der Waals surface area contributed by atoms with Gasteiger partial charge in [-0.1, -0.05) is 6.08 Å². The fourth-order valence-electron chi connectivity index (χ4n) is 2.86. The van der Waals surface area contributed by atoms with Gasteiger partial charge >= 0.3 is 5.97 Å². The largest absolute Gasteiger partial charge is 0.496 e. The highest BCUT2D eigenvalue weighted by Crippen LogP contribution is 2.32. The van der Waals surface area contributed by atoms with Crippen molar-refractivity contribution in [1.82, 2.24) is 4.90 Å². The van der Waals surface area contributed by atoms with Gasteiger partial charge in [0.1, 0.15) is 21.7 Å². The molecular weight excluding hydrogens is 475 g/mol. The Hall–Kier alpha value is -2.75. The molecule has 1 aliphatic heterocycles. The van der Waals surface area contributed by atoms with Crippen molar-refractivity contribution in [3.8, 4) is 11.5 Å². The molecule has 8 heteroatoms. The van der Waals surface area contributed by atoms with Crippen LogP contribution in [-0.2, 0) is 0 Å². The van der Waals surface area contributed by atoms with E-state index in [2.05, 4.69) is 27.9 Å². The molecule has 0 radical (unpaired) electrons. The van der Waals surface area contributed by atoms with Crippen LogP contribution in [0.5, 0.6) is 11.5 Å². The highest BCUT2D eigenvalue weighted by molar-refractivity contribution is 14.1. The number of nitrogens with one attached hydrogen (secondary N) is 1. The van der Waals surface area contributed by atoms with Crippen LogP contribution in [0.3, 0.4) is 0 Å². The van der Waals surface area contributed by atoms with E-state index in [4.69, 9.17) is 9.47 Å². The molecule has 0 aromatic heterocycles. The molecule has 1 heterocycles. The Labute approximate surface area is 176 Å². The van der Waals surface area contributed by atoms with E-state index in [-0.39, 0.29) is 17.2 Å². The lowest BCUT2D eigenvalue weighted by Crippen LogP contribution is -2.23. The van der Waals surface area contributed by atoms with Crippen LogP contribution in [0.25, 0.3) is 0 Å². The lowest BCUT2D eigenvalue weighted by atomic mass is 10.1. The predicted molar refractivity (Wildman–Crippen MR) is 114 cm³/mol. The first kappa shape index (κ1) is 20.0. The van der Waals surface area contributed by atoms with Gasteiger partial charge in [0, 0.05) is 30.1 Å². The molecule has 2 aromatic rings. The standard InChI is InChI=1S/C20H19IN2O5/c1-27-17-11-14(5-6-15(17)20(25)26)22-16-7-4-13(10-18(16)28-12-21)19(24)23-8-2-3-9-23/h2,4-8,10-11,22H,3,9,12H2,1H3,(H,25,26). The van der Waals surface area contributed by atoms with Gasteiger partial charge in [-0.25, -0.2) is 4.79 Å². The Morgan fingerprint density at radius 1 is 1.21 bits per heavy atom. The van der Waals surface area contributed by atoms with E-state index >= 15 is 0 Å². The Morgan fingerprint density at radius 3 is 2.68 bits per heavy atom. The fourth-order valence-corrected chi connectivity index (χ4v) is 3.20. The minimum atomic E-state index is -1.06. The molecule has 0 spiro atoms. The molecule has 0 fully saturated rings. The van der Waals surface area contributed by atoms with E-state index in [9.17, 15) is 14.7 Å². The van der Waals surface area contributed by atoms with Gasteiger partial charge in [-0.05, 0) is 59.3 Å². The molecule has 0 unspecified atom stereocenters. The molecule has 7 nitrogen and oxygen atoms in total. The molecule has 1 aliphatic rings. The van der Waals surface area contributed by atoms with Crippen molar-refractivity contribution in [3.63, 3.8) is 0 Å². The summed E-state index contributed by atoms with van der Waals surface area (Å²) in [6.45, 7) is 0.678. The topological polar surface area (TPSA) is 88.1 Å². The number of benzene rings is 2. The van der Waals surface area contributed by atoms with Crippen LogP contribution >= 0.6 is 22.6 Å². The number of rotatable bonds is 7. The summed E-state index contributed by atoms with van der Waals surface area (Å²) in [6.07, 6.45) is 4.62. The smallest absolute Gasteiger partial charge is 0.339 e. The molecule has 2 N–H and O–H groups in total. The first-order chi connectivity index (χ1) is 13.5. The number of aromatic carboxylic acids is 1. The molecule has 1 amide bonds. The number of ether oxygens (including phenoxy) is 2. The zero-order chi connectivity index (χ0) is 20.1. The number of carboxylic acid groups (broad SMARTS) is 1. The van der Waals surface area contributed by atoms with E-state index in [1.807, 2.05) is 6.08 Å². The molecule has 0 aliphatic carbocycles. The number of hydrogen-bond donors (Lipinski definition) is 2. The highest BCUT2D eigenvalue weighted by Gasteiger charge is 2.18. The Kier molecular flexibility index (Phi) is 6.40. The summed E-state index contributed by atoms with van der Waals surface area (Å²) in [5.74, 6) is -0.353. The lowest BCUT2D eigenvalue weighted by molar-refractivity contribution is 0.0693. The lowest BCUT2D eigenvalue weighted by Gasteiger charge is -2.17. The van der Waals surface area contributed by atoms with Crippen molar-refractivity contribution in [2.45, 2.75) is 6.42 Å². The summed E-state index contributed by atoms with van der Waals surface area (Å²) < 4.78 is 11.3. The molecule has 0 atom stereocenters. The zero-order valence-corrected chi connectivity index (χ0v) is 17.3. The number of nitrogens with zero attached hydrogens (tertiary/aromatic N) is 1. The Morgan fingerprint density at radius 2 is 2.04 bits per heavy atom. The molecule has 0 bridgehead atoms. The number of carbonyl (C=O) groups excluding carboxylic acids is 1. The van der Waals surface area contributed by atoms with Crippen LogP contribution < -0.4 is 14.8 Å². The van der Waals surface area contributed by atoms with Crippen molar-refractivity contribution < 1.29 is 24.2 Å². The molecule has 2 aromatic carbocycles. The number of amides is 1. The third kappa shape index (κ3) is 4.38. The van der Waals surface area contributed by atoms with Gasteiger partial charge in [0.15, 0.2) is 0 Å². The SMILES string of the molecule is COc1cc(Nc2ccc(C(=O)N3C=CCC3)cc2OCI)ccc1C(=O)O. The van der Waals surface area contributed by atoms with Crippen LogP contribution in [0.1, 0.15) is 27.1 Å². The second-order valence-corrected chi connectivity index (χ2v) is 6.60. The van der Waals surface area contributed by atoms with Crippen molar-refractivity contribution in [2.75, 3.05) is 23.6 Å². The average Bonchev–Trinajstić information content (AvgIpc) is 3.23. The first-order valence-electron chi connectivity index (χ1n) is 8.52. The third-order valence-electron chi connectivity index (χ3n) is 4.23. The summed E-state index contributed by atoms with van der Waals surface area (Å²) in [4.78, 5) is 25.5. The number of methoxy groups -OCH3 is 1. The van der Waals surface area contributed by atoms with Crippen molar-refractivity contribution in [3.05, 3.63) is 59.8 Å². The number of halogens is 1. The molecule has 28 heavy (non-hydrogen) atoms. The van der Waals surface area contributed by atoms with Gasteiger partial charge in [-0.2, -0.15) is 0 Å². The average molecular weight is 494 g/mol. The maximum absolute atomic E-state index is 12.6. The van der Waals surface area contributed by atoms with Crippen LogP contribution in [0.15, 0.2) is 48.7 Å². The van der Waals surface area contributed by atoms with Crippen molar-refractivity contribution >= 4 is 45.8 Å². The number of anilines is 2. The number of hydrogen-bond acceptors (Lipinski definition) is 5. The van der Waals surface area contributed by atoms with Gasteiger partial charge in [0.2, 0.25) is 0 Å². The van der Waals surface area contributed by atoms with Gasteiger partial charge in [-0.3, -0.25) is 4.79 Å². The molecule has 146 valence electrons. The monoisotopic (exact) mass is 494 g/mol. The van der Waals surface area contributed by atoms with E-state index in [0.29, 0.717) is 33.8 Å². The van der Waals surface area contributed by atoms with Crippen molar-refractivity contribution in [1.29, 1.82) is 0 Å². The maximum Gasteiger partial charge on any atom is 0.339 e. The van der Waals surface area contributed by atoms with Crippen molar-refractivity contribution in [2.24, 2.45) is 0 Å². The summed E-state index contributed by atoms with van der Waals surface area (Å²) in [5, 5.41) is 12.4. The fraction of sp³-hybridized carbons (Fsp3) is 0.200. The molecular formula is C20H19IN2O5. The van der Waals surface area contributed by atoms with Gasteiger partial charge in [0.05, 0.1) is 12.8 Å². The van der Waals surface area contributed by atoms with E-state index in [1.165, 1.54) is 13.2 Å². The van der Waals surface area contributed by atoms with Crippen LogP contribution in [0.4, 0.5) is 11.4 Å². The minimum absolute atomic E-state index is 0.0777. The molecule has 3 rings (SSSR count).